The number of methoxy groups -OCH3 is 2. The largest absolute Gasteiger partial charge is 0.493 e. The van der Waals surface area contributed by atoms with Crippen molar-refractivity contribution >= 4 is 22.6 Å². The number of nitrogens with zero attached hydrogens (tertiary/aromatic N) is 2. The highest BCUT2D eigenvalue weighted by Gasteiger charge is 2.26. The molecule has 6 heteroatoms. The molecule has 4 rings (SSSR count). The lowest BCUT2D eigenvalue weighted by Crippen LogP contribution is -2.50. The van der Waals surface area contributed by atoms with E-state index in [1.54, 1.807) is 37.3 Å². The third-order valence-electron chi connectivity index (χ3n) is 5.48. The van der Waals surface area contributed by atoms with Gasteiger partial charge in [0.25, 0.3) is 11.8 Å². The smallest absolute Gasteiger partial charge is 0.254 e. The molecule has 3 aromatic rings. The summed E-state index contributed by atoms with van der Waals surface area (Å²) in [4.78, 5) is 29.4. The Morgan fingerprint density at radius 3 is 1.80 bits per heavy atom. The first-order valence-electron chi connectivity index (χ1n) is 9.90. The van der Waals surface area contributed by atoms with E-state index in [2.05, 4.69) is 0 Å². The lowest BCUT2D eigenvalue weighted by Gasteiger charge is -2.35. The van der Waals surface area contributed by atoms with Gasteiger partial charge in [0.05, 0.1) is 14.2 Å². The quantitative estimate of drug-likeness (QED) is 0.668. The van der Waals surface area contributed by atoms with Crippen molar-refractivity contribution in [1.82, 2.24) is 9.80 Å². The van der Waals surface area contributed by atoms with Gasteiger partial charge in [0, 0.05) is 37.3 Å². The Labute approximate surface area is 175 Å². The minimum absolute atomic E-state index is 0.000955. The molecule has 1 heterocycles. The predicted molar refractivity (Wildman–Crippen MR) is 115 cm³/mol. The fourth-order valence-electron chi connectivity index (χ4n) is 3.77. The zero-order chi connectivity index (χ0) is 21.1. The van der Waals surface area contributed by atoms with Crippen molar-refractivity contribution in [1.29, 1.82) is 0 Å². The molecule has 1 aliphatic rings. The molecule has 0 unspecified atom stereocenters. The van der Waals surface area contributed by atoms with E-state index in [1.165, 1.54) is 0 Å². The van der Waals surface area contributed by atoms with Crippen LogP contribution in [0.4, 0.5) is 0 Å². The molecule has 1 fully saturated rings. The highest BCUT2D eigenvalue weighted by molar-refractivity contribution is 5.99. The van der Waals surface area contributed by atoms with E-state index in [1.807, 2.05) is 47.4 Å². The third kappa shape index (κ3) is 3.81. The van der Waals surface area contributed by atoms with Crippen LogP contribution < -0.4 is 9.47 Å². The van der Waals surface area contributed by atoms with Crippen LogP contribution in [0.1, 0.15) is 20.7 Å². The van der Waals surface area contributed by atoms with Gasteiger partial charge in [-0.2, -0.15) is 0 Å². The van der Waals surface area contributed by atoms with Gasteiger partial charge in [-0.3, -0.25) is 9.59 Å². The fraction of sp³-hybridized carbons (Fsp3) is 0.250. The number of benzene rings is 3. The van der Waals surface area contributed by atoms with Crippen molar-refractivity contribution < 1.29 is 19.1 Å². The van der Waals surface area contributed by atoms with Crippen molar-refractivity contribution in [2.45, 2.75) is 0 Å². The number of hydrogen-bond acceptors (Lipinski definition) is 4. The highest BCUT2D eigenvalue weighted by atomic mass is 16.5. The Balaban J connectivity index is 1.42. The molecule has 30 heavy (non-hydrogen) atoms. The first-order chi connectivity index (χ1) is 14.6. The molecule has 0 radical (unpaired) electrons. The fourth-order valence-corrected chi connectivity index (χ4v) is 3.77. The molecule has 0 aliphatic carbocycles. The van der Waals surface area contributed by atoms with Crippen LogP contribution in [0.15, 0.2) is 60.7 Å². The number of carbonyl (C=O) groups excluding carboxylic acids is 2. The van der Waals surface area contributed by atoms with E-state index >= 15 is 0 Å². The maximum Gasteiger partial charge on any atom is 0.254 e. The molecule has 3 aromatic carbocycles. The molecule has 6 nitrogen and oxygen atoms in total. The second-order valence-corrected chi connectivity index (χ2v) is 7.22. The maximum atomic E-state index is 12.9. The molecule has 154 valence electrons. The van der Waals surface area contributed by atoms with Crippen molar-refractivity contribution in [2.75, 3.05) is 40.4 Å². The number of ether oxygens (including phenoxy) is 2. The summed E-state index contributed by atoms with van der Waals surface area (Å²) in [7, 11) is 3.11. The molecular weight excluding hydrogens is 380 g/mol. The van der Waals surface area contributed by atoms with Crippen molar-refractivity contribution in [3.63, 3.8) is 0 Å². The summed E-state index contributed by atoms with van der Waals surface area (Å²) in [5, 5.41) is 2.16. The molecule has 0 spiro atoms. The first-order valence-corrected chi connectivity index (χ1v) is 9.90. The Morgan fingerprint density at radius 1 is 0.667 bits per heavy atom. The SMILES string of the molecule is COc1ccc(C(=O)N2CCN(C(=O)c3ccc4ccccc4c3)CC2)cc1OC. The zero-order valence-electron chi connectivity index (χ0n) is 17.1. The van der Waals surface area contributed by atoms with Crippen LogP contribution in [-0.4, -0.2) is 62.0 Å². The summed E-state index contributed by atoms with van der Waals surface area (Å²) < 4.78 is 10.5. The summed E-state index contributed by atoms with van der Waals surface area (Å²) in [6, 6.07) is 18.9. The van der Waals surface area contributed by atoms with Crippen LogP contribution in [0.5, 0.6) is 11.5 Å². The zero-order valence-corrected chi connectivity index (χ0v) is 17.1. The van der Waals surface area contributed by atoms with Gasteiger partial charge >= 0.3 is 0 Å². The van der Waals surface area contributed by atoms with E-state index in [9.17, 15) is 9.59 Å². The van der Waals surface area contributed by atoms with E-state index in [0.717, 1.165) is 10.8 Å². The van der Waals surface area contributed by atoms with E-state index in [-0.39, 0.29) is 11.8 Å². The summed E-state index contributed by atoms with van der Waals surface area (Å²) in [5.41, 5.74) is 1.22. The highest BCUT2D eigenvalue weighted by Crippen LogP contribution is 2.28. The molecule has 0 N–H and O–H groups in total. The Morgan fingerprint density at radius 2 is 1.20 bits per heavy atom. The molecule has 0 saturated carbocycles. The van der Waals surface area contributed by atoms with Crippen LogP contribution >= 0.6 is 0 Å². The van der Waals surface area contributed by atoms with E-state index in [0.29, 0.717) is 48.8 Å². The topological polar surface area (TPSA) is 59.1 Å². The number of rotatable bonds is 4. The van der Waals surface area contributed by atoms with E-state index < -0.39 is 0 Å². The second kappa shape index (κ2) is 8.45. The van der Waals surface area contributed by atoms with Gasteiger partial charge in [0.1, 0.15) is 0 Å². The third-order valence-corrected chi connectivity index (χ3v) is 5.48. The summed E-state index contributed by atoms with van der Waals surface area (Å²) in [6.07, 6.45) is 0. The van der Waals surface area contributed by atoms with Gasteiger partial charge in [-0.25, -0.2) is 0 Å². The number of amides is 2. The molecule has 0 bridgehead atoms. The molecule has 0 aromatic heterocycles. The monoisotopic (exact) mass is 404 g/mol. The second-order valence-electron chi connectivity index (χ2n) is 7.22. The van der Waals surface area contributed by atoms with Crippen LogP contribution in [0.25, 0.3) is 10.8 Å². The normalized spacial score (nSPS) is 13.9. The van der Waals surface area contributed by atoms with Gasteiger partial charge in [-0.15, -0.1) is 0 Å². The van der Waals surface area contributed by atoms with Gasteiger partial charge in [0.15, 0.2) is 11.5 Å². The molecule has 2 amide bonds. The van der Waals surface area contributed by atoms with Gasteiger partial charge < -0.3 is 19.3 Å². The predicted octanol–water partition coefficient (Wildman–Crippen LogP) is 3.46. The van der Waals surface area contributed by atoms with Crippen LogP contribution in [0, 0.1) is 0 Å². The minimum Gasteiger partial charge on any atom is -0.493 e. The Hall–Kier alpha value is -3.54. The summed E-state index contributed by atoms with van der Waals surface area (Å²) in [6.45, 7) is 1.99. The average molecular weight is 404 g/mol. The molecule has 0 atom stereocenters. The lowest BCUT2D eigenvalue weighted by atomic mass is 10.1. The van der Waals surface area contributed by atoms with E-state index in [4.69, 9.17) is 9.47 Å². The van der Waals surface area contributed by atoms with Crippen LogP contribution in [-0.2, 0) is 0 Å². The maximum absolute atomic E-state index is 12.9. The number of carbonyl (C=O) groups is 2. The Kier molecular flexibility index (Phi) is 5.57. The molecular formula is C24H24N2O4. The van der Waals surface area contributed by atoms with Crippen molar-refractivity contribution in [2.24, 2.45) is 0 Å². The summed E-state index contributed by atoms with van der Waals surface area (Å²) in [5.74, 6) is 1.03. The van der Waals surface area contributed by atoms with Gasteiger partial charge in [0.2, 0.25) is 0 Å². The lowest BCUT2D eigenvalue weighted by molar-refractivity contribution is 0.0535. The van der Waals surface area contributed by atoms with Crippen LogP contribution in [0.2, 0.25) is 0 Å². The molecule has 1 aliphatic heterocycles. The summed E-state index contributed by atoms with van der Waals surface area (Å²) >= 11 is 0. The van der Waals surface area contributed by atoms with Crippen molar-refractivity contribution in [3.8, 4) is 11.5 Å². The van der Waals surface area contributed by atoms with Gasteiger partial charge in [-0.05, 0) is 41.1 Å². The minimum atomic E-state index is -0.0752. The standard InChI is InChI=1S/C24H24N2O4/c1-29-21-10-9-20(16-22(21)30-2)24(28)26-13-11-25(12-14-26)23(27)19-8-7-17-5-3-4-6-18(17)15-19/h3-10,15-16H,11-14H2,1-2H3. The number of fused-ring (bicyclic) bond motifs is 1. The van der Waals surface area contributed by atoms with Crippen LogP contribution in [0.3, 0.4) is 0 Å². The first kappa shape index (κ1) is 19.8. The average Bonchev–Trinajstić information content (AvgIpc) is 2.82. The van der Waals surface area contributed by atoms with Crippen molar-refractivity contribution in [3.05, 3.63) is 71.8 Å². The molecule has 1 saturated heterocycles. The Bertz CT molecular complexity index is 1090. The number of piperazine rings is 1. The number of hydrogen-bond donors (Lipinski definition) is 0. The van der Waals surface area contributed by atoms with Gasteiger partial charge in [-0.1, -0.05) is 30.3 Å².